The summed E-state index contributed by atoms with van der Waals surface area (Å²) in [5.74, 6) is -3.38. The molecular formula is C12H19F2NO3. The molecule has 1 aliphatic heterocycles. The van der Waals surface area contributed by atoms with Crippen molar-refractivity contribution in [2.45, 2.75) is 58.1 Å². The van der Waals surface area contributed by atoms with Gasteiger partial charge in [0.05, 0.1) is 12.6 Å². The maximum absolute atomic E-state index is 13.3. The number of carbonyl (C=O) groups is 2. The molecule has 4 nitrogen and oxygen atoms in total. The summed E-state index contributed by atoms with van der Waals surface area (Å²) in [5.41, 5.74) is -0.769. The Kier molecular flexibility index (Phi) is 3.98. The Morgan fingerprint density at radius 2 is 1.94 bits per heavy atom. The molecule has 0 saturated carbocycles. The van der Waals surface area contributed by atoms with Crippen LogP contribution in [0.2, 0.25) is 0 Å². The number of halogens is 2. The van der Waals surface area contributed by atoms with Crippen molar-refractivity contribution < 1.29 is 23.1 Å². The van der Waals surface area contributed by atoms with E-state index in [1.807, 2.05) is 0 Å². The lowest BCUT2D eigenvalue weighted by Crippen LogP contribution is -2.43. The Bertz CT molecular complexity index is 350. The molecule has 0 aromatic heterocycles. The van der Waals surface area contributed by atoms with Crippen LogP contribution in [0.4, 0.5) is 13.6 Å². The minimum absolute atomic E-state index is 0.125. The summed E-state index contributed by atoms with van der Waals surface area (Å²) in [6.45, 7) is 5.78. The van der Waals surface area contributed by atoms with Crippen molar-refractivity contribution in [1.29, 1.82) is 0 Å². The van der Waals surface area contributed by atoms with Crippen molar-refractivity contribution in [3.8, 4) is 0 Å². The monoisotopic (exact) mass is 263 g/mol. The van der Waals surface area contributed by atoms with Crippen molar-refractivity contribution in [3.63, 3.8) is 0 Å². The zero-order valence-corrected chi connectivity index (χ0v) is 11.1. The Balaban J connectivity index is 2.84. The van der Waals surface area contributed by atoms with Crippen LogP contribution in [0.5, 0.6) is 0 Å². The Labute approximate surface area is 105 Å². The third kappa shape index (κ3) is 3.65. The molecule has 0 aliphatic carbocycles. The topological polar surface area (TPSA) is 46.6 Å². The lowest BCUT2D eigenvalue weighted by atomic mass is 10.1. The largest absolute Gasteiger partial charge is 0.444 e. The SMILES string of the molecule is CCC(=O)[C@@H]1CC(F)(F)CN1C(=O)OC(C)(C)C. The van der Waals surface area contributed by atoms with Gasteiger partial charge in [-0.2, -0.15) is 0 Å². The average molecular weight is 263 g/mol. The summed E-state index contributed by atoms with van der Waals surface area (Å²) >= 11 is 0. The highest BCUT2D eigenvalue weighted by atomic mass is 19.3. The van der Waals surface area contributed by atoms with E-state index in [4.69, 9.17) is 4.74 Å². The smallest absolute Gasteiger partial charge is 0.411 e. The number of amides is 1. The second-order valence-corrected chi connectivity index (χ2v) is 5.50. The fourth-order valence-electron chi connectivity index (χ4n) is 1.85. The first kappa shape index (κ1) is 14.9. The van der Waals surface area contributed by atoms with Crippen molar-refractivity contribution >= 4 is 11.9 Å². The van der Waals surface area contributed by atoms with Crippen LogP contribution in [0, 0.1) is 0 Å². The van der Waals surface area contributed by atoms with Gasteiger partial charge in [-0.05, 0) is 20.8 Å². The maximum atomic E-state index is 13.3. The van der Waals surface area contributed by atoms with Crippen LogP contribution in [0.1, 0.15) is 40.5 Å². The van der Waals surface area contributed by atoms with Crippen molar-refractivity contribution in [1.82, 2.24) is 4.90 Å². The van der Waals surface area contributed by atoms with E-state index in [1.165, 1.54) is 0 Å². The summed E-state index contributed by atoms with van der Waals surface area (Å²) in [6.07, 6.45) is -1.34. The van der Waals surface area contributed by atoms with Gasteiger partial charge < -0.3 is 4.74 Å². The molecule has 18 heavy (non-hydrogen) atoms. The zero-order valence-electron chi connectivity index (χ0n) is 11.1. The van der Waals surface area contributed by atoms with Gasteiger partial charge in [0.25, 0.3) is 5.92 Å². The number of alkyl halides is 2. The highest BCUT2D eigenvalue weighted by Crippen LogP contribution is 2.33. The normalized spacial score (nSPS) is 23.0. The van der Waals surface area contributed by atoms with Gasteiger partial charge in [-0.25, -0.2) is 13.6 Å². The van der Waals surface area contributed by atoms with E-state index >= 15 is 0 Å². The summed E-state index contributed by atoms with van der Waals surface area (Å²) in [4.78, 5) is 24.2. The third-order valence-corrected chi connectivity index (χ3v) is 2.62. The molecule has 6 heteroatoms. The van der Waals surface area contributed by atoms with E-state index in [1.54, 1.807) is 27.7 Å². The predicted molar refractivity (Wildman–Crippen MR) is 61.6 cm³/mol. The number of ether oxygens (including phenoxy) is 1. The molecule has 1 rings (SSSR count). The number of carbonyl (C=O) groups excluding carboxylic acids is 2. The summed E-state index contributed by atoms with van der Waals surface area (Å²) in [5, 5.41) is 0. The number of likely N-dealkylation sites (tertiary alicyclic amines) is 1. The quantitative estimate of drug-likeness (QED) is 0.769. The molecule has 0 spiro atoms. The molecule has 1 fully saturated rings. The predicted octanol–water partition coefficient (Wildman–Crippen LogP) is 2.61. The van der Waals surface area contributed by atoms with Gasteiger partial charge in [0.2, 0.25) is 0 Å². The number of nitrogens with zero attached hydrogens (tertiary/aromatic N) is 1. The van der Waals surface area contributed by atoms with Gasteiger partial charge in [0, 0.05) is 12.8 Å². The third-order valence-electron chi connectivity index (χ3n) is 2.62. The van der Waals surface area contributed by atoms with E-state index < -0.39 is 36.6 Å². The van der Waals surface area contributed by atoms with Crippen LogP contribution in [-0.4, -0.2) is 40.9 Å². The molecule has 1 aliphatic rings. The standard InChI is InChI=1S/C12H19F2NO3/c1-5-9(16)8-6-12(13,14)7-15(8)10(17)18-11(2,3)4/h8H,5-7H2,1-4H3/t8-/m0/s1. The van der Waals surface area contributed by atoms with E-state index in [9.17, 15) is 18.4 Å². The Morgan fingerprint density at radius 3 is 2.39 bits per heavy atom. The summed E-state index contributed by atoms with van der Waals surface area (Å²) < 4.78 is 31.7. The highest BCUT2D eigenvalue weighted by molar-refractivity contribution is 5.88. The molecule has 0 unspecified atom stereocenters. The number of rotatable bonds is 2. The van der Waals surface area contributed by atoms with Crippen LogP contribution in [0.3, 0.4) is 0 Å². The molecule has 0 N–H and O–H groups in total. The van der Waals surface area contributed by atoms with Crippen LogP contribution in [-0.2, 0) is 9.53 Å². The van der Waals surface area contributed by atoms with Crippen LogP contribution in [0.15, 0.2) is 0 Å². The van der Waals surface area contributed by atoms with E-state index in [2.05, 4.69) is 0 Å². The average Bonchev–Trinajstić information content (AvgIpc) is 2.51. The van der Waals surface area contributed by atoms with Crippen LogP contribution >= 0.6 is 0 Å². The maximum Gasteiger partial charge on any atom is 0.411 e. The van der Waals surface area contributed by atoms with Gasteiger partial charge in [0.15, 0.2) is 5.78 Å². The molecule has 0 aromatic carbocycles. The molecule has 0 aromatic rings. The molecule has 0 radical (unpaired) electrons. The summed E-state index contributed by atoms with van der Waals surface area (Å²) in [6, 6.07) is -1.07. The second-order valence-electron chi connectivity index (χ2n) is 5.50. The van der Waals surface area contributed by atoms with Crippen molar-refractivity contribution in [3.05, 3.63) is 0 Å². The van der Waals surface area contributed by atoms with E-state index in [0.717, 1.165) is 4.90 Å². The van der Waals surface area contributed by atoms with Gasteiger partial charge >= 0.3 is 6.09 Å². The fraction of sp³-hybridized carbons (Fsp3) is 0.833. The molecule has 0 bridgehead atoms. The van der Waals surface area contributed by atoms with Crippen LogP contribution < -0.4 is 0 Å². The molecule has 1 saturated heterocycles. The molecule has 1 heterocycles. The lowest BCUT2D eigenvalue weighted by Gasteiger charge is -2.27. The fourth-order valence-corrected chi connectivity index (χ4v) is 1.85. The molecule has 1 atom stereocenters. The second kappa shape index (κ2) is 4.82. The number of hydrogen-bond donors (Lipinski definition) is 0. The first-order valence-electron chi connectivity index (χ1n) is 5.96. The number of ketones is 1. The Hall–Kier alpha value is -1.20. The Morgan fingerprint density at radius 1 is 1.39 bits per heavy atom. The van der Waals surface area contributed by atoms with Crippen LogP contribution in [0.25, 0.3) is 0 Å². The molecular weight excluding hydrogens is 244 g/mol. The molecule has 104 valence electrons. The van der Waals surface area contributed by atoms with E-state index in [0.29, 0.717) is 0 Å². The van der Waals surface area contributed by atoms with E-state index in [-0.39, 0.29) is 12.2 Å². The summed E-state index contributed by atoms with van der Waals surface area (Å²) in [7, 11) is 0. The van der Waals surface area contributed by atoms with Gasteiger partial charge in [0.1, 0.15) is 5.60 Å². The molecule has 1 amide bonds. The highest BCUT2D eigenvalue weighted by Gasteiger charge is 2.50. The van der Waals surface area contributed by atoms with Gasteiger partial charge in [-0.15, -0.1) is 0 Å². The first-order valence-corrected chi connectivity index (χ1v) is 5.96. The number of hydrogen-bond acceptors (Lipinski definition) is 3. The minimum Gasteiger partial charge on any atom is -0.444 e. The lowest BCUT2D eigenvalue weighted by molar-refractivity contribution is -0.123. The van der Waals surface area contributed by atoms with Gasteiger partial charge in [-0.3, -0.25) is 9.69 Å². The van der Waals surface area contributed by atoms with Crippen molar-refractivity contribution in [2.24, 2.45) is 0 Å². The van der Waals surface area contributed by atoms with Gasteiger partial charge in [-0.1, -0.05) is 6.92 Å². The van der Waals surface area contributed by atoms with Crippen molar-refractivity contribution in [2.75, 3.05) is 6.54 Å². The zero-order chi connectivity index (χ0) is 14.1. The minimum atomic E-state index is -3.02. The first-order chi connectivity index (χ1) is 8.06. The number of Topliss-reactive ketones (excluding diaryl/α,β-unsaturated/α-hetero) is 1.